The highest BCUT2D eigenvalue weighted by Gasteiger charge is 2.25. The Balaban J connectivity index is 1.45. The number of nitrogens with one attached hydrogen (secondary N) is 2. The number of anilines is 1. The van der Waals surface area contributed by atoms with Crippen LogP contribution in [0.3, 0.4) is 0 Å². The van der Waals surface area contributed by atoms with Gasteiger partial charge in [0.15, 0.2) is 0 Å². The van der Waals surface area contributed by atoms with Crippen LogP contribution >= 0.6 is 11.6 Å². The minimum Gasteiger partial charge on any atom is -0.431 e. The number of amides is 2. The Kier molecular flexibility index (Phi) is 7.26. The molecule has 2 atom stereocenters. The van der Waals surface area contributed by atoms with E-state index in [0.29, 0.717) is 16.3 Å². The van der Waals surface area contributed by atoms with E-state index in [1.807, 2.05) is 23.0 Å². The molecule has 2 heterocycles. The molecule has 1 aliphatic rings. The number of alkyl carbamates (subject to hydrolysis) is 1. The van der Waals surface area contributed by atoms with Crippen molar-refractivity contribution in [2.24, 2.45) is 0 Å². The summed E-state index contributed by atoms with van der Waals surface area (Å²) in [7, 11) is 1.43. The molecule has 1 saturated heterocycles. The van der Waals surface area contributed by atoms with Gasteiger partial charge in [-0.15, -0.1) is 0 Å². The fourth-order valence-electron chi connectivity index (χ4n) is 3.61. The van der Waals surface area contributed by atoms with Crippen molar-refractivity contribution in [2.75, 3.05) is 19.0 Å². The van der Waals surface area contributed by atoms with Gasteiger partial charge in [-0.3, -0.25) is 4.79 Å². The average molecular weight is 469 g/mol. The average Bonchev–Trinajstić information content (AvgIpc) is 3.34. The summed E-state index contributed by atoms with van der Waals surface area (Å²) in [5, 5.41) is 10.1. The molecule has 4 rings (SSSR count). The first-order valence-electron chi connectivity index (χ1n) is 10.7. The molecular weight excluding hydrogens is 444 g/mol. The van der Waals surface area contributed by atoms with E-state index in [0.717, 1.165) is 37.0 Å². The van der Waals surface area contributed by atoms with Crippen LogP contribution in [0.1, 0.15) is 37.2 Å². The number of hydrogen-bond acceptors (Lipinski definition) is 5. The number of nitrogens with zero attached hydrogens (tertiary/aromatic N) is 2. The summed E-state index contributed by atoms with van der Waals surface area (Å²) in [6.07, 6.45) is 5.10. The quantitative estimate of drug-likeness (QED) is 0.534. The van der Waals surface area contributed by atoms with Crippen molar-refractivity contribution < 1.29 is 19.1 Å². The molecule has 1 fully saturated rings. The summed E-state index contributed by atoms with van der Waals surface area (Å²) in [4.78, 5) is 24.7. The Bertz CT molecular complexity index is 1090. The highest BCUT2D eigenvalue weighted by Crippen LogP contribution is 2.27. The van der Waals surface area contributed by atoms with Gasteiger partial charge in [-0.05, 0) is 49.1 Å². The van der Waals surface area contributed by atoms with Crippen LogP contribution in [0.25, 0.3) is 11.1 Å². The maximum absolute atomic E-state index is 12.9. The van der Waals surface area contributed by atoms with Gasteiger partial charge in [-0.2, -0.15) is 5.10 Å². The summed E-state index contributed by atoms with van der Waals surface area (Å²) in [6, 6.07) is 13.9. The molecule has 33 heavy (non-hydrogen) atoms. The number of benzene rings is 2. The summed E-state index contributed by atoms with van der Waals surface area (Å²) in [6.45, 7) is 0.759. The standard InChI is InChI=1S/C24H25ClN4O4/c1-26-24(31)33-22(17-5-9-19(25)10-6-17)23(30)28-20-11-7-16(8-12-20)18-14-27-29(15-18)21-4-2-3-13-32-21/h5-12,14-15,21-22H,2-4,13H2,1H3,(H,26,31)(H,28,30). The van der Waals surface area contributed by atoms with E-state index < -0.39 is 18.1 Å². The first kappa shape index (κ1) is 22.8. The lowest BCUT2D eigenvalue weighted by Gasteiger charge is -2.22. The topological polar surface area (TPSA) is 94.5 Å². The monoisotopic (exact) mass is 468 g/mol. The Labute approximate surface area is 196 Å². The Hall–Kier alpha value is -3.36. The van der Waals surface area contributed by atoms with E-state index in [1.54, 1.807) is 42.6 Å². The number of carbonyl (C=O) groups is 2. The van der Waals surface area contributed by atoms with Gasteiger partial charge in [-0.1, -0.05) is 35.9 Å². The van der Waals surface area contributed by atoms with Gasteiger partial charge in [0.05, 0.1) is 6.20 Å². The number of hydrogen-bond donors (Lipinski definition) is 2. The van der Waals surface area contributed by atoms with Crippen LogP contribution < -0.4 is 10.6 Å². The third-order valence-electron chi connectivity index (χ3n) is 5.38. The Morgan fingerprint density at radius 1 is 1.12 bits per heavy atom. The molecule has 3 aromatic rings. The van der Waals surface area contributed by atoms with Crippen LogP contribution in [0.4, 0.5) is 10.5 Å². The minimum absolute atomic E-state index is 0.0174. The molecule has 1 aliphatic heterocycles. The maximum atomic E-state index is 12.9. The zero-order chi connectivity index (χ0) is 23.2. The van der Waals surface area contributed by atoms with Gasteiger partial charge in [0.25, 0.3) is 5.91 Å². The highest BCUT2D eigenvalue weighted by molar-refractivity contribution is 6.30. The first-order valence-corrected chi connectivity index (χ1v) is 11.1. The van der Waals surface area contributed by atoms with Crippen LogP contribution in [0.2, 0.25) is 5.02 Å². The number of aromatic nitrogens is 2. The molecule has 172 valence electrons. The molecule has 0 spiro atoms. The molecule has 2 aromatic carbocycles. The zero-order valence-corrected chi connectivity index (χ0v) is 18.9. The van der Waals surface area contributed by atoms with Crippen molar-refractivity contribution in [1.82, 2.24) is 15.1 Å². The molecular formula is C24H25ClN4O4. The lowest BCUT2D eigenvalue weighted by Crippen LogP contribution is -2.29. The fraction of sp³-hybridized carbons (Fsp3) is 0.292. The Morgan fingerprint density at radius 3 is 2.55 bits per heavy atom. The molecule has 0 aliphatic carbocycles. The molecule has 0 radical (unpaired) electrons. The van der Waals surface area contributed by atoms with Gasteiger partial charge < -0.3 is 20.1 Å². The van der Waals surface area contributed by atoms with Gasteiger partial charge >= 0.3 is 6.09 Å². The smallest absolute Gasteiger partial charge is 0.408 e. The molecule has 0 saturated carbocycles. The second kappa shape index (κ2) is 10.5. The minimum atomic E-state index is -1.13. The van der Waals surface area contributed by atoms with Gasteiger partial charge in [0.2, 0.25) is 6.10 Å². The van der Waals surface area contributed by atoms with Crippen LogP contribution in [0.5, 0.6) is 0 Å². The van der Waals surface area contributed by atoms with Gasteiger partial charge in [0, 0.05) is 41.7 Å². The highest BCUT2D eigenvalue weighted by atomic mass is 35.5. The van der Waals surface area contributed by atoms with E-state index in [2.05, 4.69) is 15.7 Å². The van der Waals surface area contributed by atoms with Crippen LogP contribution in [0, 0.1) is 0 Å². The molecule has 9 heteroatoms. The largest absolute Gasteiger partial charge is 0.431 e. The second-order valence-corrected chi connectivity index (χ2v) is 8.12. The van der Waals surface area contributed by atoms with Crippen LogP contribution in [-0.2, 0) is 14.3 Å². The lowest BCUT2D eigenvalue weighted by molar-refractivity contribution is -0.124. The third kappa shape index (κ3) is 5.71. The zero-order valence-electron chi connectivity index (χ0n) is 18.2. The van der Waals surface area contributed by atoms with E-state index in [4.69, 9.17) is 21.1 Å². The third-order valence-corrected chi connectivity index (χ3v) is 5.63. The molecule has 2 N–H and O–H groups in total. The Morgan fingerprint density at radius 2 is 1.88 bits per heavy atom. The fourth-order valence-corrected chi connectivity index (χ4v) is 3.73. The van der Waals surface area contributed by atoms with Crippen LogP contribution in [-0.4, -0.2) is 35.4 Å². The van der Waals surface area contributed by atoms with Gasteiger partial charge in [0.1, 0.15) is 6.23 Å². The van der Waals surface area contributed by atoms with Crippen molar-refractivity contribution in [3.8, 4) is 11.1 Å². The summed E-state index contributed by atoms with van der Waals surface area (Å²) < 4.78 is 12.9. The van der Waals surface area contributed by atoms with E-state index in [1.165, 1.54) is 7.05 Å². The SMILES string of the molecule is CNC(=O)OC(C(=O)Nc1ccc(-c2cnn(C3CCCCO3)c2)cc1)c1ccc(Cl)cc1. The van der Waals surface area contributed by atoms with Crippen molar-refractivity contribution >= 4 is 29.3 Å². The summed E-state index contributed by atoms with van der Waals surface area (Å²) in [5.41, 5.74) is 3.01. The molecule has 1 aromatic heterocycles. The molecule has 0 bridgehead atoms. The molecule has 2 unspecified atom stereocenters. The summed E-state index contributed by atoms with van der Waals surface area (Å²) in [5.74, 6) is -0.476. The number of ether oxygens (including phenoxy) is 2. The number of halogens is 1. The van der Waals surface area contributed by atoms with E-state index in [-0.39, 0.29) is 6.23 Å². The number of rotatable bonds is 6. The maximum Gasteiger partial charge on any atom is 0.408 e. The number of carbonyl (C=O) groups excluding carboxylic acids is 2. The molecule has 8 nitrogen and oxygen atoms in total. The van der Waals surface area contributed by atoms with Crippen LogP contribution in [0.15, 0.2) is 60.9 Å². The lowest BCUT2D eigenvalue weighted by atomic mass is 10.1. The van der Waals surface area contributed by atoms with E-state index >= 15 is 0 Å². The van der Waals surface area contributed by atoms with Crippen molar-refractivity contribution in [3.63, 3.8) is 0 Å². The molecule has 2 amide bonds. The first-order chi connectivity index (χ1) is 16.0. The van der Waals surface area contributed by atoms with Crippen molar-refractivity contribution in [1.29, 1.82) is 0 Å². The normalized spacial score (nSPS) is 16.6. The second-order valence-electron chi connectivity index (χ2n) is 7.68. The predicted molar refractivity (Wildman–Crippen MR) is 125 cm³/mol. The van der Waals surface area contributed by atoms with Gasteiger partial charge in [-0.25, -0.2) is 9.48 Å². The predicted octanol–water partition coefficient (Wildman–Crippen LogP) is 4.94. The summed E-state index contributed by atoms with van der Waals surface area (Å²) >= 11 is 5.94. The van der Waals surface area contributed by atoms with Crippen molar-refractivity contribution in [3.05, 3.63) is 71.5 Å². The van der Waals surface area contributed by atoms with Crippen molar-refractivity contribution in [2.45, 2.75) is 31.6 Å². The van der Waals surface area contributed by atoms with E-state index in [9.17, 15) is 9.59 Å².